The molecule has 0 saturated heterocycles. The number of unbranched alkanes of at least 4 members (excludes halogenated alkanes) is 2. The van der Waals surface area contributed by atoms with Crippen LogP contribution in [-0.2, 0) is 17.3 Å². The van der Waals surface area contributed by atoms with Crippen molar-refractivity contribution >= 4 is 0 Å². The zero-order valence-corrected chi connectivity index (χ0v) is 25.2. The van der Waals surface area contributed by atoms with Crippen LogP contribution < -0.4 is 0 Å². The third kappa shape index (κ3) is 7.43. The molecule has 0 amide bonds. The number of aryl methyl sites for hydroxylation is 1. The van der Waals surface area contributed by atoms with E-state index in [2.05, 4.69) is 6.92 Å². The lowest BCUT2D eigenvalue weighted by Crippen LogP contribution is -2.30. The van der Waals surface area contributed by atoms with Gasteiger partial charge in [0.05, 0.1) is 11.7 Å². The van der Waals surface area contributed by atoms with E-state index in [4.69, 9.17) is 4.74 Å². The molecule has 1 fully saturated rings. The normalized spacial score (nSPS) is 17.1. The Morgan fingerprint density at radius 2 is 1.29 bits per heavy atom. The number of benzene rings is 4. The van der Waals surface area contributed by atoms with Crippen LogP contribution in [0.1, 0.15) is 80.0 Å². The second-order valence-corrected chi connectivity index (χ2v) is 11.9. The van der Waals surface area contributed by atoms with Crippen molar-refractivity contribution < 1.29 is 35.5 Å². The summed E-state index contributed by atoms with van der Waals surface area (Å²) in [5.74, 6) is -3.98. The number of hydrogen-bond acceptors (Lipinski definition) is 1. The van der Waals surface area contributed by atoms with Gasteiger partial charge in [-0.05, 0) is 110 Å². The van der Waals surface area contributed by atoms with Gasteiger partial charge in [0, 0.05) is 16.7 Å². The molecular weight excluding hydrogens is 593 g/mol. The van der Waals surface area contributed by atoms with Crippen molar-refractivity contribution in [3.05, 3.63) is 118 Å². The summed E-state index contributed by atoms with van der Waals surface area (Å²) in [4.78, 5) is 0. The van der Waals surface area contributed by atoms with Crippen LogP contribution in [0.4, 0.5) is 30.7 Å². The number of ether oxygens (including phenoxy) is 1. The first-order chi connectivity index (χ1) is 21.5. The maximum absolute atomic E-state index is 15.3. The highest BCUT2D eigenvalue weighted by atomic mass is 19.3. The van der Waals surface area contributed by atoms with Gasteiger partial charge >= 0.3 is 6.11 Å². The quantitative estimate of drug-likeness (QED) is 0.125. The number of alkyl halides is 2. The Morgan fingerprint density at radius 1 is 0.667 bits per heavy atom. The summed E-state index contributed by atoms with van der Waals surface area (Å²) < 4.78 is 108. The Labute approximate surface area is 259 Å². The zero-order valence-electron chi connectivity index (χ0n) is 25.2. The molecule has 0 radical (unpaired) electrons. The first kappa shape index (κ1) is 32.7. The lowest BCUT2D eigenvalue weighted by Gasteiger charge is -2.31. The van der Waals surface area contributed by atoms with Crippen LogP contribution in [-0.4, -0.2) is 6.10 Å². The van der Waals surface area contributed by atoms with E-state index in [0.29, 0.717) is 43.2 Å². The molecule has 4 aromatic rings. The molecule has 0 N–H and O–H groups in total. The van der Waals surface area contributed by atoms with Gasteiger partial charge in [0.15, 0.2) is 0 Å². The number of rotatable bonds is 10. The van der Waals surface area contributed by atoms with E-state index >= 15 is 4.39 Å². The van der Waals surface area contributed by atoms with Crippen LogP contribution in [0.3, 0.4) is 0 Å². The van der Waals surface area contributed by atoms with E-state index < -0.39 is 46.9 Å². The zero-order chi connectivity index (χ0) is 32.3. The van der Waals surface area contributed by atoms with Gasteiger partial charge in [0.2, 0.25) is 0 Å². The van der Waals surface area contributed by atoms with Crippen molar-refractivity contribution in [2.45, 2.75) is 83.3 Å². The Bertz CT molecular complexity index is 1630. The van der Waals surface area contributed by atoms with Crippen molar-refractivity contribution in [2.24, 2.45) is 0 Å². The second-order valence-electron chi connectivity index (χ2n) is 11.9. The SMILES string of the molecule is CCCCCc1ccc(C(F)(F)OC2CCC(c3ccc(-c4ccc(-c5cc(F)c(C)c(F)c5)c(F)c4)c(F)c3)CC2)c(F)c1. The first-order valence-corrected chi connectivity index (χ1v) is 15.4. The van der Waals surface area contributed by atoms with Gasteiger partial charge in [0.1, 0.15) is 29.1 Å². The molecule has 4 aromatic carbocycles. The first-order valence-electron chi connectivity index (χ1n) is 15.4. The molecule has 0 heterocycles. The predicted molar refractivity (Wildman–Crippen MR) is 161 cm³/mol. The summed E-state index contributed by atoms with van der Waals surface area (Å²) in [5.41, 5.74) is 0.865. The highest BCUT2D eigenvalue weighted by molar-refractivity contribution is 5.72. The van der Waals surface area contributed by atoms with E-state index in [-0.39, 0.29) is 33.7 Å². The molecule has 8 heteroatoms. The van der Waals surface area contributed by atoms with Gasteiger partial charge in [-0.1, -0.05) is 50.1 Å². The molecule has 5 rings (SSSR count). The van der Waals surface area contributed by atoms with Crippen LogP contribution >= 0.6 is 0 Å². The van der Waals surface area contributed by atoms with Crippen LogP contribution in [0.5, 0.6) is 0 Å². The summed E-state index contributed by atoms with van der Waals surface area (Å²) in [7, 11) is 0. The molecule has 0 aromatic heterocycles. The van der Waals surface area contributed by atoms with Crippen molar-refractivity contribution in [1.29, 1.82) is 0 Å². The van der Waals surface area contributed by atoms with E-state index in [1.807, 2.05) is 0 Å². The molecule has 238 valence electrons. The Morgan fingerprint density at radius 3 is 1.91 bits per heavy atom. The molecule has 1 aliphatic rings. The van der Waals surface area contributed by atoms with E-state index in [9.17, 15) is 26.3 Å². The Balaban J connectivity index is 1.22. The average molecular weight is 629 g/mol. The molecule has 1 aliphatic carbocycles. The van der Waals surface area contributed by atoms with E-state index in [0.717, 1.165) is 49.6 Å². The average Bonchev–Trinajstić information content (AvgIpc) is 3.00. The maximum Gasteiger partial charge on any atom is 0.386 e. The molecule has 0 spiro atoms. The van der Waals surface area contributed by atoms with Gasteiger partial charge in [-0.2, -0.15) is 8.78 Å². The molecule has 0 unspecified atom stereocenters. The second kappa shape index (κ2) is 13.8. The minimum absolute atomic E-state index is 0.0136. The maximum atomic E-state index is 15.3. The third-order valence-corrected chi connectivity index (χ3v) is 8.74. The van der Waals surface area contributed by atoms with E-state index in [1.165, 1.54) is 37.3 Å². The minimum Gasteiger partial charge on any atom is -0.313 e. The number of halogens is 7. The molecule has 45 heavy (non-hydrogen) atoms. The molecule has 1 saturated carbocycles. The molecule has 0 atom stereocenters. The van der Waals surface area contributed by atoms with Crippen LogP contribution in [0.2, 0.25) is 0 Å². The van der Waals surface area contributed by atoms with Gasteiger partial charge in [0.25, 0.3) is 0 Å². The third-order valence-electron chi connectivity index (χ3n) is 8.74. The lowest BCUT2D eigenvalue weighted by molar-refractivity contribution is -0.278. The summed E-state index contributed by atoms with van der Waals surface area (Å²) in [6, 6.07) is 14.5. The smallest absolute Gasteiger partial charge is 0.313 e. The fraction of sp³-hybridized carbons (Fsp3) is 0.351. The fourth-order valence-corrected chi connectivity index (χ4v) is 6.05. The van der Waals surface area contributed by atoms with Gasteiger partial charge in [-0.3, -0.25) is 0 Å². The highest BCUT2D eigenvalue weighted by Crippen LogP contribution is 2.41. The lowest BCUT2D eigenvalue weighted by atomic mass is 9.82. The highest BCUT2D eigenvalue weighted by Gasteiger charge is 2.40. The van der Waals surface area contributed by atoms with Crippen molar-refractivity contribution in [3.8, 4) is 22.3 Å². The largest absolute Gasteiger partial charge is 0.386 e. The van der Waals surface area contributed by atoms with Crippen molar-refractivity contribution in [2.75, 3.05) is 0 Å². The van der Waals surface area contributed by atoms with Crippen LogP contribution in [0, 0.1) is 36.0 Å². The minimum atomic E-state index is -3.77. The predicted octanol–water partition coefficient (Wildman–Crippen LogP) is 11.5. The van der Waals surface area contributed by atoms with Crippen LogP contribution in [0.15, 0.2) is 66.7 Å². The van der Waals surface area contributed by atoms with Crippen molar-refractivity contribution in [1.82, 2.24) is 0 Å². The molecule has 1 nitrogen and oxygen atoms in total. The number of hydrogen-bond donors (Lipinski definition) is 0. The van der Waals surface area contributed by atoms with Gasteiger partial charge < -0.3 is 4.74 Å². The summed E-state index contributed by atoms with van der Waals surface area (Å²) in [6.45, 7) is 3.34. The Kier molecular flexibility index (Phi) is 10.0. The van der Waals surface area contributed by atoms with Gasteiger partial charge in [-0.25, -0.2) is 22.0 Å². The monoisotopic (exact) mass is 628 g/mol. The standard InChI is InChI=1S/C37H35F7O/c1-3-4-5-6-23-7-16-31(36(42)17-23)37(43,44)45-28-12-8-24(9-13-28)25-10-14-29(34(40)18-25)26-11-15-30(35(41)19-26)27-20-32(38)22(2)33(39)21-27/h7,10-11,14-21,24,28H,3-6,8-9,12-13H2,1-2H3. The molecule has 0 bridgehead atoms. The fourth-order valence-electron chi connectivity index (χ4n) is 6.05. The Hall–Kier alpha value is -3.65. The topological polar surface area (TPSA) is 9.23 Å². The molecular formula is C37H35F7O. The summed E-state index contributed by atoms with van der Waals surface area (Å²) in [5, 5.41) is 0. The van der Waals surface area contributed by atoms with Crippen LogP contribution in [0.25, 0.3) is 22.3 Å². The van der Waals surface area contributed by atoms with Gasteiger partial charge in [-0.15, -0.1) is 0 Å². The van der Waals surface area contributed by atoms with Crippen molar-refractivity contribution in [3.63, 3.8) is 0 Å². The summed E-state index contributed by atoms with van der Waals surface area (Å²) >= 11 is 0. The van der Waals surface area contributed by atoms with E-state index in [1.54, 1.807) is 6.07 Å². The molecule has 0 aliphatic heterocycles. The summed E-state index contributed by atoms with van der Waals surface area (Å²) in [6.07, 6.45) is 0.492.